The number of aromatic nitrogens is 2. The van der Waals surface area contributed by atoms with Crippen molar-refractivity contribution in [3.8, 4) is 0 Å². The minimum atomic E-state index is 0. The van der Waals surface area contributed by atoms with E-state index in [0.29, 0.717) is 0 Å². The third kappa shape index (κ3) is 6.81. The summed E-state index contributed by atoms with van der Waals surface area (Å²) >= 11 is 9.52. The molecule has 134 valence electrons. The van der Waals surface area contributed by atoms with Crippen molar-refractivity contribution in [2.45, 2.75) is 17.3 Å². The molecule has 0 saturated carbocycles. The molecule has 0 aliphatic heterocycles. The van der Waals surface area contributed by atoms with Gasteiger partial charge in [-0.15, -0.1) is 35.3 Å². The Morgan fingerprint density at radius 3 is 2.92 bits per heavy atom. The molecule has 2 aromatic rings. The molecule has 0 atom stereocenters. The molecule has 0 spiro atoms. The Morgan fingerprint density at radius 1 is 1.54 bits per heavy atom. The lowest BCUT2D eigenvalue weighted by molar-refractivity contribution is 0.462. The maximum Gasteiger partial charge on any atom is 0.193 e. The average Bonchev–Trinajstić information content (AvgIpc) is 3.13. The third-order valence-electron chi connectivity index (χ3n) is 3.29. The molecule has 5 nitrogen and oxygen atoms in total. The highest BCUT2D eigenvalue weighted by Crippen LogP contribution is 2.20. The van der Waals surface area contributed by atoms with Crippen molar-refractivity contribution in [2.24, 2.45) is 12.0 Å². The fourth-order valence-corrected chi connectivity index (χ4v) is 4.06. The Hall–Kier alpha value is -0.450. The van der Waals surface area contributed by atoms with Crippen LogP contribution in [0.3, 0.4) is 0 Å². The summed E-state index contributed by atoms with van der Waals surface area (Å²) < 4.78 is 3.17. The summed E-state index contributed by atoms with van der Waals surface area (Å²) in [6, 6.07) is 1.98. The molecule has 0 bridgehead atoms. The molecule has 0 radical (unpaired) electrons. The van der Waals surface area contributed by atoms with Gasteiger partial charge >= 0.3 is 0 Å². The van der Waals surface area contributed by atoms with Gasteiger partial charge in [0, 0.05) is 56.9 Å². The van der Waals surface area contributed by atoms with E-state index in [9.17, 15) is 0 Å². The summed E-state index contributed by atoms with van der Waals surface area (Å²) in [7, 11) is 5.84. The third-order valence-corrected chi connectivity index (χ3v) is 5.55. The molecule has 24 heavy (non-hydrogen) atoms. The molecular weight excluding hydrogens is 477 g/mol. The summed E-state index contributed by atoms with van der Waals surface area (Å²) in [6.07, 6.45) is 4.82. The van der Waals surface area contributed by atoms with Gasteiger partial charge < -0.3 is 14.8 Å². The Morgan fingerprint density at radius 2 is 2.33 bits per heavy atom. The first kappa shape index (κ1) is 21.6. The highest BCUT2D eigenvalue weighted by molar-refractivity contribution is 14.0. The van der Waals surface area contributed by atoms with Gasteiger partial charge in [0.25, 0.3) is 0 Å². The van der Waals surface area contributed by atoms with E-state index in [1.807, 2.05) is 42.5 Å². The number of aliphatic imine (C=N–C) groups is 1. The topological polar surface area (TPSA) is 45.5 Å². The lowest BCUT2D eigenvalue weighted by Crippen LogP contribution is -2.39. The second kappa shape index (κ2) is 11.2. The first-order valence-electron chi connectivity index (χ1n) is 7.35. The minimum absolute atomic E-state index is 0. The van der Waals surface area contributed by atoms with Gasteiger partial charge in [0.1, 0.15) is 4.34 Å². The number of aryl methyl sites for hydroxylation is 1. The van der Waals surface area contributed by atoms with Crippen LogP contribution in [0.2, 0.25) is 5.02 Å². The Kier molecular flexibility index (Phi) is 10.1. The molecule has 0 aliphatic carbocycles. The number of hydrogen-bond acceptors (Lipinski definition) is 4. The highest BCUT2D eigenvalue weighted by atomic mass is 127. The standard InChI is InChI=1S/C15H22ClN5S2.HI/c1-17-14(18-5-4-7-22-15-19-6-8-23-15)21(3)11-13-9-12(16)10-20(13)2;/h6,8-10H,4-5,7,11H2,1-3H3,(H,17,18);1H. The van der Waals surface area contributed by atoms with E-state index in [4.69, 9.17) is 11.6 Å². The number of thioether (sulfide) groups is 1. The van der Waals surface area contributed by atoms with Crippen LogP contribution in [0, 0.1) is 0 Å². The van der Waals surface area contributed by atoms with Gasteiger partial charge in [0.15, 0.2) is 5.96 Å². The number of guanidine groups is 1. The largest absolute Gasteiger partial charge is 0.356 e. The molecule has 9 heteroatoms. The van der Waals surface area contributed by atoms with Crippen LogP contribution in [-0.4, -0.2) is 46.8 Å². The minimum Gasteiger partial charge on any atom is -0.356 e. The van der Waals surface area contributed by atoms with Gasteiger partial charge in [0.2, 0.25) is 0 Å². The van der Waals surface area contributed by atoms with Crippen molar-refractivity contribution < 1.29 is 0 Å². The molecule has 2 aromatic heterocycles. The summed E-state index contributed by atoms with van der Waals surface area (Å²) in [6.45, 7) is 1.65. The second-order valence-electron chi connectivity index (χ2n) is 5.09. The van der Waals surface area contributed by atoms with E-state index in [2.05, 4.69) is 20.2 Å². The number of hydrogen-bond donors (Lipinski definition) is 1. The van der Waals surface area contributed by atoms with Crippen LogP contribution in [0.1, 0.15) is 12.1 Å². The van der Waals surface area contributed by atoms with Crippen LogP contribution in [0.15, 0.2) is 33.2 Å². The summed E-state index contributed by atoms with van der Waals surface area (Å²) in [4.78, 5) is 10.7. The Balaban J connectivity index is 0.00000288. The summed E-state index contributed by atoms with van der Waals surface area (Å²) in [5.74, 6) is 1.94. The fraction of sp³-hybridized carbons (Fsp3) is 0.467. The first-order chi connectivity index (χ1) is 11.1. The van der Waals surface area contributed by atoms with Crippen LogP contribution in [0.5, 0.6) is 0 Å². The van der Waals surface area contributed by atoms with Crippen molar-refractivity contribution in [3.63, 3.8) is 0 Å². The van der Waals surface area contributed by atoms with Crippen molar-refractivity contribution in [2.75, 3.05) is 26.4 Å². The molecule has 0 fully saturated rings. The van der Waals surface area contributed by atoms with E-state index in [-0.39, 0.29) is 24.0 Å². The predicted molar refractivity (Wildman–Crippen MR) is 116 cm³/mol. The summed E-state index contributed by atoms with van der Waals surface area (Å²) in [5, 5.41) is 6.17. The second-order valence-corrected chi connectivity index (χ2v) is 7.76. The number of nitrogens with zero attached hydrogens (tertiary/aromatic N) is 4. The number of thiazole rings is 1. The maximum absolute atomic E-state index is 6.03. The summed E-state index contributed by atoms with van der Waals surface area (Å²) in [5.41, 5.74) is 1.15. The van der Waals surface area contributed by atoms with Crippen LogP contribution in [-0.2, 0) is 13.6 Å². The van der Waals surface area contributed by atoms with Crippen molar-refractivity contribution in [1.29, 1.82) is 0 Å². The SMILES string of the molecule is CN=C(NCCCSc1nccs1)N(C)Cc1cc(Cl)cn1C.I. The van der Waals surface area contributed by atoms with Crippen LogP contribution < -0.4 is 5.32 Å². The van der Waals surface area contributed by atoms with Crippen molar-refractivity contribution >= 4 is 64.6 Å². The molecule has 2 rings (SSSR count). The lowest BCUT2D eigenvalue weighted by atomic mass is 10.4. The zero-order valence-corrected chi connectivity index (χ0v) is 18.7. The molecule has 0 amide bonds. The molecule has 2 heterocycles. The molecule has 0 saturated heterocycles. The van der Waals surface area contributed by atoms with E-state index in [1.165, 1.54) is 0 Å². The normalized spacial score (nSPS) is 11.2. The molecule has 1 N–H and O–H groups in total. The lowest BCUT2D eigenvalue weighted by Gasteiger charge is -2.22. The van der Waals surface area contributed by atoms with Gasteiger partial charge in [-0.3, -0.25) is 4.99 Å². The van der Waals surface area contributed by atoms with Gasteiger partial charge in [-0.2, -0.15) is 0 Å². The number of rotatable bonds is 7. The Labute approximate surface area is 173 Å². The number of nitrogens with one attached hydrogen (secondary N) is 1. The zero-order valence-electron chi connectivity index (χ0n) is 14.0. The zero-order chi connectivity index (χ0) is 16.7. The van der Waals surface area contributed by atoms with Crippen molar-refractivity contribution in [1.82, 2.24) is 19.8 Å². The van der Waals surface area contributed by atoms with E-state index >= 15 is 0 Å². The molecule has 0 aliphatic rings. The fourth-order valence-electron chi connectivity index (χ4n) is 2.14. The van der Waals surface area contributed by atoms with E-state index in [1.54, 1.807) is 30.1 Å². The van der Waals surface area contributed by atoms with Gasteiger partial charge in [-0.25, -0.2) is 4.98 Å². The smallest absolute Gasteiger partial charge is 0.193 e. The van der Waals surface area contributed by atoms with Gasteiger partial charge in [-0.1, -0.05) is 23.4 Å². The average molecular weight is 500 g/mol. The van der Waals surface area contributed by atoms with Crippen LogP contribution in [0.4, 0.5) is 0 Å². The first-order valence-corrected chi connectivity index (χ1v) is 9.59. The monoisotopic (exact) mass is 499 g/mol. The van der Waals surface area contributed by atoms with E-state index < -0.39 is 0 Å². The highest BCUT2D eigenvalue weighted by Gasteiger charge is 2.09. The molecular formula is C15H23ClIN5S2. The number of halogens is 2. The van der Waals surface area contributed by atoms with Crippen LogP contribution in [0.25, 0.3) is 0 Å². The predicted octanol–water partition coefficient (Wildman–Crippen LogP) is 3.94. The van der Waals surface area contributed by atoms with Gasteiger partial charge in [-0.05, 0) is 12.5 Å². The van der Waals surface area contributed by atoms with Crippen molar-refractivity contribution in [3.05, 3.63) is 34.6 Å². The molecule has 0 unspecified atom stereocenters. The van der Waals surface area contributed by atoms with Crippen LogP contribution >= 0.6 is 58.7 Å². The molecule has 0 aromatic carbocycles. The Bertz CT molecular complexity index is 630. The quantitative estimate of drug-likeness (QED) is 0.206. The van der Waals surface area contributed by atoms with Gasteiger partial charge in [0.05, 0.1) is 11.6 Å². The van der Waals surface area contributed by atoms with E-state index in [0.717, 1.165) is 46.3 Å². The maximum atomic E-state index is 6.03.